The Morgan fingerprint density at radius 1 is 1.20 bits per heavy atom. The van der Waals surface area contributed by atoms with Crippen LogP contribution in [0.1, 0.15) is 27.7 Å². The number of methoxy groups -OCH3 is 1. The van der Waals surface area contributed by atoms with E-state index in [9.17, 15) is 0 Å². The molecule has 0 saturated heterocycles. The maximum absolute atomic E-state index is 5.85. The van der Waals surface area contributed by atoms with Crippen LogP contribution in [0.25, 0.3) is 0 Å². The van der Waals surface area contributed by atoms with E-state index in [4.69, 9.17) is 10.5 Å². The van der Waals surface area contributed by atoms with Crippen LogP contribution >= 0.6 is 0 Å². The van der Waals surface area contributed by atoms with Crippen molar-refractivity contribution < 1.29 is 4.74 Å². The molecule has 15 heavy (non-hydrogen) atoms. The predicted octanol–water partition coefficient (Wildman–Crippen LogP) is 1.57. The highest BCUT2D eigenvalue weighted by Crippen LogP contribution is 2.16. The Balaban J connectivity index is 4.38. The molecular weight excluding hydrogens is 188 g/mol. The van der Waals surface area contributed by atoms with Gasteiger partial charge in [0.05, 0.1) is 6.61 Å². The summed E-state index contributed by atoms with van der Waals surface area (Å²) in [5.41, 5.74) is 5.85. The molecule has 2 N–H and O–H groups in total. The lowest BCUT2D eigenvalue weighted by molar-refractivity contribution is 0.0680. The van der Waals surface area contributed by atoms with E-state index in [1.54, 1.807) is 7.11 Å². The number of hydrogen-bond acceptors (Lipinski definition) is 3. The average molecular weight is 216 g/mol. The van der Waals surface area contributed by atoms with E-state index < -0.39 is 0 Å². The van der Waals surface area contributed by atoms with Gasteiger partial charge in [0.15, 0.2) is 0 Å². The van der Waals surface area contributed by atoms with Crippen LogP contribution in [0, 0.1) is 11.8 Å². The van der Waals surface area contributed by atoms with Crippen molar-refractivity contribution in [1.29, 1.82) is 0 Å². The lowest BCUT2D eigenvalue weighted by atomic mass is 9.97. The summed E-state index contributed by atoms with van der Waals surface area (Å²) in [6, 6.07) is 0.959. The summed E-state index contributed by atoms with van der Waals surface area (Å²) in [5.74, 6) is 1.13. The van der Waals surface area contributed by atoms with E-state index in [0.29, 0.717) is 30.5 Å². The number of nitrogens with zero attached hydrogens (tertiary/aromatic N) is 1. The molecule has 0 heterocycles. The average Bonchev–Trinajstić information content (AvgIpc) is 2.17. The van der Waals surface area contributed by atoms with Gasteiger partial charge in [-0.1, -0.05) is 20.8 Å². The fraction of sp³-hybridized carbons (Fsp3) is 1.00. The Kier molecular flexibility index (Phi) is 7.14. The first-order valence-corrected chi connectivity index (χ1v) is 5.86. The molecule has 3 atom stereocenters. The van der Waals surface area contributed by atoms with Gasteiger partial charge < -0.3 is 10.5 Å². The summed E-state index contributed by atoms with van der Waals surface area (Å²) < 4.78 is 5.19. The van der Waals surface area contributed by atoms with E-state index in [1.165, 1.54) is 0 Å². The fourth-order valence-electron chi connectivity index (χ4n) is 1.95. The van der Waals surface area contributed by atoms with Gasteiger partial charge in [0.25, 0.3) is 0 Å². The Morgan fingerprint density at radius 3 is 2.07 bits per heavy atom. The molecule has 0 aromatic rings. The Bertz CT molecular complexity index is 162. The molecule has 3 unspecified atom stereocenters. The standard InChI is InChI=1S/C12H28N2O/c1-9(2)11(4)14(5)12(7-13)10(3)8-15-6/h9-12H,7-8,13H2,1-6H3. The molecule has 92 valence electrons. The highest BCUT2D eigenvalue weighted by atomic mass is 16.5. The number of nitrogens with two attached hydrogens (primary N) is 1. The predicted molar refractivity (Wildman–Crippen MR) is 65.9 cm³/mol. The van der Waals surface area contributed by atoms with Crippen molar-refractivity contribution in [3.05, 3.63) is 0 Å². The number of ether oxygens (including phenoxy) is 1. The van der Waals surface area contributed by atoms with Crippen LogP contribution in [0.5, 0.6) is 0 Å². The monoisotopic (exact) mass is 216 g/mol. The molecule has 0 spiro atoms. The summed E-state index contributed by atoms with van der Waals surface area (Å²) in [4.78, 5) is 2.38. The molecule has 0 aliphatic rings. The second kappa shape index (κ2) is 7.20. The van der Waals surface area contributed by atoms with Crippen LogP contribution < -0.4 is 5.73 Å². The topological polar surface area (TPSA) is 38.5 Å². The fourth-order valence-corrected chi connectivity index (χ4v) is 1.95. The third-order valence-electron chi connectivity index (χ3n) is 3.46. The molecule has 0 bridgehead atoms. The maximum atomic E-state index is 5.85. The normalized spacial score (nSPS) is 18.2. The first-order valence-electron chi connectivity index (χ1n) is 5.86. The first kappa shape index (κ1) is 14.9. The van der Waals surface area contributed by atoms with Gasteiger partial charge in [-0.15, -0.1) is 0 Å². The SMILES string of the molecule is COCC(C)C(CN)N(C)C(C)C(C)C. The van der Waals surface area contributed by atoms with Crippen LogP contribution in [0.2, 0.25) is 0 Å². The lowest BCUT2D eigenvalue weighted by Crippen LogP contribution is -2.49. The van der Waals surface area contributed by atoms with Crippen LogP contribution in [-0.4, -0.2) is 44.3 Å². The Morgan fingerprint density at radius 2 is 1.73 bits per heavy atom. The molecule has 0 amide bonds. The van der Waals surface area contributed by atoms with Crippen LogP contribution in [-0.2, 0) is 4.74 Å². The van der Waals surface area contributed by atoms with Gasteiger partial charge in [0.2, 0.25) is 0 Å². The van der Waals surface area contributed by atoms with E-state index in [2.05, 4.69) is 39.6 Å². The summed E-state index contributed by atoms with van der Waals surface area (Å²) in [6.07, 6.45) is 0. The highest BCUT2D eigenvalue weighted by Gasteiger charge is 2.25. The van der Waals surface area contributed by atoms with Gasteiger partial charge in [-0.2, -0.15) is 0 Å². The van der Waals surface area contributed by atoms with Gasteiger partial charge in [0.1, 0.15) is 0 Å². The third-order valence-corrected chi connectivity index (χ3v) is 3.46. The summed E-state index contributed by atoms with van der Waals surface area (Å²) in [5, 5.41) is 0. The van der Waals surface area contributed by atoms with Crippen molar-refractivity contribution in [1.82, 2.24) is 4.90 Å². The van der Waals surface area contributed by atoms with Crippen molar-refractivity contribution in [2.45, 2.75) is 39.8 Å². The summed E-state index contributed by atoms with van der Waals surface area (Å²) >= 11 is 0. The van der Waals surface area contributed by atoms with Gasteiger partial charge in [-0.05, 0) is 25.8 Å². The van der Waals surface area contributed by atoms with Gasteiger partial charge in [-0.25, -0.2) is 0 Å². The van der Waals surface area contributed by atoms with Crippen molar-refractivity contribution in [3.8, 4) is 0 Å². The van der Waals surface area contributed by atoms with Crippen molar-refractivity contribution in [2.75, 3.05) is 27.3 Å². The third kappa shape index (κ3) is 4.49. The molecule has 0 aliphatic heterocycles. The zero-order valence-electron chi connectivity index (χ0n) is 11.2. The van der Waals surface area contributed by atoms with Crippen molar-refractivity contribution in [2.24, 2.45) is 17.6 Å². The van der Waals surface area contributed by atoms with Gasteiger partial charge >= 0.3 is 0 Å². The zero-order valence-corrected chi connectivity index (χ0v) is 11.2. The molecule has 0 aliphatic carbocycles. The van der Waals surface area contributed by atoms with Crippen LogP contribution in [0.15, 0.2) is 0 Å². The molecule has 0 aromatic heterocycles. The largest absolute Gasteiger partial charge is 0.384 e. The molecule has 0 saturated carbocycles. The Hall–Kier alpha value is -0.120. The van der Waals surface area contributed by atoms with Gasteiger partial charge in [-0.3, -0.25) is 4.90 Å². The second-order valence-electron chi connectivity index (χ2n) is 4.89. The second-order valence-corrected chi connectivity index (χ2v) is 4.89. The van der Waals surface area contributed by atoms with Gasteiger partial charge in [0, 0.05) is 25.7 Å². The molecule has 0 aromatic carbocycles. The van der Waals surface area contributed by atoms with E-state index in [1.807, 2.05) is 0 Å². The molecule has 3 nitrogen and oxygen atoms in total. The molecule has 0 rings (SSSR count). The van der Waals surface area contributed by atoms with E-state index in [-0.39, 0.29) is 0 Å². The minimum Gasteiger partial charge on any atom is -0.384 e. The quantitative estimate of drug-likeness (QED) is 0.702. The zero-order chi connectivity index (χ0) is 12.0. The van der Waals surface area contributed by atoms with E-state index in [0.717, 1.165) is 6.61 Å². The summed E-state index contributed by atoms with van der Waals surface area (Å²) in [7, 11) is 3.91. The van der Waals surface area contributed by atoms with Crippen LogP contribution in [0.4, 0.5) is 0 Å². The first-order chi connectivity index (χ1) is 6.95. The van der Waals surface area contributed by atoms with Crippen molar-refractivity contribution >= 4 is 0 Å². The molecule has 3 heteroatoms. The summed E-state index contributed by atoms with van der Waals surface area (Å²) in [6.45, 7) is 10.4. The van der Waals surface area contributed by atoms with E-state index >= 15 is 0 Å². The molecule has 0 radical (unpaired) electrons. The number of rotatable bonds is 7. The lowest BCUT2D eigenvalue weighted by Gasteiger charge is -2.37. The minimum absolute atomic E-state index is 0.405. The highest BCUT2D eigenvalue weighted by molar-refractivity contribution is 4.80. The molecule has 0 fully saturated rings. The van der Waals surface area contributed by atoms with Crippen molar-refractivity contribution in [3.63, 3.8) is 0 Å². The molecular formula is C12H28N2O. The number of hydrogen-bond donors (Lipinski definition) is 1. The smallest absolute Gasteiger partial charge is 0.0503 e. The van der Waals surface area contributed by atoms with Crippen LogP contribution in [0.3, 0.4) is 0 Å². The number of likely N-dealkylation sites (N-methyl/N-ethyl adjacent to an activating group) is 1. The maximum Gasteiger partial charge on any atom is 0.0503 e. The Labute approximate surface area is 95.0 Å². The minimum atomic E-state index is 0.405.